The van der Waals surface area contributed by atoms with Crippen LogP contribution in [0.5, 0.6) is 0 Å². The van der Waals surface area contributed by atoms with E-state index in [0.717, 1.165) is 19.3 Å². The first-order valence-electron chi connectivity index (χ1n) is 5.36. The van der Waals surface area contributed by atoms with Gasteiger partial charge in [-0.15, -0.1) is 0 Å². The molecular formula is C11H15NO3. The summed E-state index contributed by atoms with van der Waals surface area (Å²) in [6.07, 6.45) is 7.97. The third-order valence-electron chi connectivity index (χ3n) is 3.16. The van der Waals surface area contributed by atoms with Crippen molar-refractivity contribution in [3.05, 3.63) is 12.2 Å². The maximum Gasteiger partial charge on any atom is 0.319 e. The molecule has 0 spiro atoms. The Morgan fingerprint density at radius 3 is 2.60 bits per heavy atom. The molecule has 0 heterocycles. The molecule has 0 aromatic rings. The van der Waals surface area contributed by atoms with Crippen LogP contribution in [0, 0.1) is 5.41 Å². The van der Waals surface area contributed by atoms with Gasteiger partial charge in [0.25, 0.3) is 0 Å². The van der Waals surface area contributed by atoms with E-state index >= 15 is 0 Å². The second-order valence-corrected chi connectivity index (χ2v) is 4.33. The van der Waals surface area contributed by atoms with Gasteiger partial charge < -0.3 is 10.4 Å². The van der Waals surface area contributed by atoms with E-state index in [1.165, 1.54) is 0 Å². The Balaban J connectivity index is 1.95. The van der Waals surface area contributed by atoms with Crippen LogP contribution in [0.1, 0.15) is 32.1 Å². The first-order chi connectivity index (χ1) is 7.15. The lowest BCUT2D eigenvalue weighted by Gasteiger charge is -2.20. The highest BCUT2D eigenvalue weighted by Gasteiger charge is 2.57. The zero-order chi connectivity index (χ0) is 10.9. The highest BCUT2D eigenvalue weighted by molar-refractivity contribution is 6.05. The molecule has 0 bridgehead atoms. The molecule has 1 amide bonds. The summed E-state index contributed by atoms with van der Waals surface area (Å²) in [5.74, 6) is -1.30. The van der Waals surface area contributed by atoms with Crippen LogP contribution in [0.2, 0.25) is 0 Å². The minimum absolute atomic E-state index is 0.0306. The van der Waals surface area contributed by atoms with Gasteiger partial charge >= 0.3 is 5.97 Å². The second kappa shape index (κ2) is 3.68. The third kappa shape index (κ3) is 1.89. The first kappa shape index (κ1) is 10.2. The molecule has 0 aromatic heterocycles. The highest BCUT2D eigenvalue weighted by Crippen LogP contribution is 2.46. The number of carboxylic acid groups (broad SMARTS) is 1. The summed E-state index contributed by atoms with van der Waals surface area (Å²) in [7, 11) is 0. The van der Waals surface area contributed by atoms with Crippen molar-refractivity contribution in [1.29, 1.82) is 0 Å². The SMILES string of the molecule is O=C(O)C1(C(=O)N[C@@H]2C=CCCC2)CC1. The number of nitrogens with one attached hydrogen (secondary N) is 1. The van der Waals surface area contributed by atoms with Crippen molar-refractivity contribution in [1.82, 2.24) is 5.32 Å². The Morgan fingerprint density at radius 2 is 2.13 bits per heavy atom. The summed E-state index contributed by atoms with van der Waals surface area (Å²) >= 11 is 0. The Hall–Kier alpha value is -1.32. The standard InChI is InChI=1S/C11H15NO3/c13-9(11(6-7-11)10(14)15)12-8-4-2-1-3-5-8/h2,4,8H,1,3,5-7H2,(H,12,13)(H,14,15)/t8-/m1/s1. The number of carbonyl (C=O) groups excluding carboxylic acids is 1. The summed E-state index contributed by atoms with van der Waals surface area (Å²) in [6.45, 7) is 0. The molecule has 2 N–H and O–H groups in total. The van der Waals surface area contributed by atoms with Crippen molar-refractivity contribution in [2.75, 3.05) is 0 Å². The average molecular weight is 209 g/mol. The van der Waals surface area contributed by atoms with Gasteiger partial charge in [-0.05, 0) is 32.1 Å². The van der Waals surface area contributed by atoms with Crippen LogP contribution in [0.4, 0.5) is 0 Å². The third-order valence-corrected chi connectivity index (χ3v) is 3.16. The molecule has 1 atom stereocenters. The summed E-state index contributed by atoms with van der Waals surface area (Å²) in [5, 5.41) is 11.7. The van der Waals surface area contributed by atoms with E-state index in [1.54, 1.807) is 0 Å². The van der Waals surface area contributed by atoms with Crippen molar-refractivity contribution in [2.24, 2.45) is 5.41 Å². The average Bonchev–Trinajstić information content (AvgIpc) is 2.99. The van der Waals surface area contributed by atoms with Gasteiger partial charge in [0.1, 0.15) is 5.41 Å². The molecule has 1 saturated carbocycles. The van der Waals surface area contributed by atoms with Crippen LogP contribution in [-0.2, 0) is 9.59 Å². The summed E-state index contributed by atoms with van der Waals surface area (Å²) < 4.78 is 0. The lowest BCUT2D eigenvalue weighted by Crippen LogP contribution is -2.42. The van der Waals surface area contributed by atoms with Gasteiger partial charge in [-0.3, -0.25) is 9.59 Å². The van der Waals surface area contributed by atoms with Crippen LogP contribution in [0.15, 0.2) is 12.2 Å². The van der Waals surface area contributed by atoms with Gasteiger partial charge in [-0.2, -0.15) is 0 Å². The highest BCUT2D eigenvalue weighted by atomic mass is 16.4. The summed E-state index contributed by atoms with van der Waals surface area (Å²) in [4.78, 5) is 22.6. The van der Waals surface area contributed by atoms with Crippen molar-refractivity contribution in [3.63, 3.8) is 0 Å². The van der Waals surface area contributed by atoms with Crippen molar-refractivity contribution in [2.45, 2.75) is 38.1 Å². The van der Waals surface area contributed by atoms with Gasteiger partial charge in [0.05, 0.1) is 0 Å². The maximum atomic E-state index is 11.7. The minimum atomic E-state index is -1.11. The summed E-state index contributed by atoms with van der Waals surface area (Å²) in [6, 6.07) is 0.0306. The Kier molecular flexibility index (Phi) is 2.50. The molecule has 4 nitrogen and oxygen atoms in total. The van der Waals surface area contributed by atoms with Crippen LogP contribution < -0.4 is 5.32 Å². The van der Waals surface area contributed by atoms with E-state index in [0.29, 0.717) is 12.8 Å². The van der Waals surface area contributed by atoms with E-state index in [4.69, 9.17) is 5.11 Å². The number of aliphatic carboxylic acids is 1. The topological polar surface area (TPSA) is 66.4 Å². The molecule has 2 aliphatic carbocycles. The van der Waals surface area contributed by atoms with Crippen LogP contribution in [0.25, 0.3) is 0 Å². The number of hydrogen-bond acceptors (Lipinski definition) is 2. The molecule has 82 valence electrons. The van der Waals surface area contributed by atoms with Gasteiger partial charge in [0.2, 0.25) is 5.91 Å². The number of hydrogen-bond donors (Lipinski definition) is 2. The lowest BCUT2D eigenvalue weighted by atomic mass is 10.0. The van der Waals surface area contributed by atoms with E-state index in [-0.39, 0.29) is 11.9 Å². The fourth-order valence-electron chi connectivity index (χ4n) is 1.90. The predicted octanol–water partition coefficient (Wildman–Crippen LogP) is 1.08. The zero-order valence-corrected chi connectivity index (χ0v) is 8.53. The summed E-state index contributed by atoms with van der Waals surface area (Å²) in [5.41, 5.74) is -1.11. The molecule has 0 radical (unpaired) electrons. The molecule has 15 heavy (non-hydrogen) atoms. The van der Waals surface area contributed by atoms with Crippen molar-refractivity contribution in [3.8, 4) is 0 Å². The number of carboxylic acids is 1. The molecule has 0 saturated heterocycles. The molecule has 4 heteroatoms. The smallest absolute Gasteiger partial charge is 0.319 e. The number of carbonyl (C=O) groups is 2. The zero-order valence-electron chi connectivity index (χ0n) is 8.53. The number of rotatable bonds is 3. The maximum absolute atomic E-state index is 11.7. The lowest BCUT2D eigenvalue weighted by molar-refractivity contribution is -0.149. The fraction of sp³-hybridized carbons (Fsp3) is 0.636. The predicted molar refractivity (Wildman–Crippen MR) is 54.2 cm³/mol. The number of amides is 1. The van der Waals surface area contributed by atoms with Gasteiger partial charge in [-0.25, -0.2) is 0 Å². The van der Waals surface area contributed by atoms with Gasteiger partial charge in [-0.1, -0.05) is 12.2 Å². The van der Waals surface area contributed by atoms with E-state index < -0.39 is 11.4 Å². The Morgan fingerprint density at radius 1 is 1.40 bits per heavy atom. The monoisotopic (exact) mass is 209 g/mol. The Bertz CT molecular complexity index is 318. The molecule has 0 aliphatic heterocycles. The van der Waals surface area contributed by atoms with Gasteiger partial charge in [0, 0.05) is 6.04 Å². The van der Waals surface area contributed by atoms with Crippen molar-refractivity contribution >= 4 is 11.9 Å². The van der Waals surface area contributed by atoms with Crippen LogP contribution in [-0.4, -0.2) is 23.0 Å². The first-order valence-corrected chi connectivity index (χ1v) is 5.36. The molecule has 0 unspecified atom stereocenters. The van der Waals surface area contributed by atoms with E-state index in [2.05, 4.69) is 5.32 Å². The molecule has 2 rings (SSSR count). The number of allylic oxidation sites excluding steroid dienone is 1. The second-order valence-electron chi connectivity index (χ2n) is 4.33. The van der Waals surface area contributed by atoms with Gasteiger partial charge in [0.15, 0.2) is 0 Å². The van der Waals surface area contributed by atoms with E-state index in [1.807, 2.05) is 12.2 Å². The fourth-order valence-corrected chi connectivity index (χ4v) is 1.90. The largest absolute Gasteiger partial charge is 0.480 e. The molecule has 1 fully saturated rings. The quantitative estimate of drug-likeness (QED) is 0.540. The van der Waals surface area contributed by atoms with Crippen molar-refractivity contribution < 1.29 is 14.7 Å². The molecule has 2 aliphatic rings. The van der Waals surface area contributed by atoms with E-state index in [9.17, 15) is 9.59 Å². The normalized spacial score (nSPS) is 27.1. The molecule has 0 aromatic carbocycles. The molecular weight excluding hydrogens is 194 g/mol. The minimum Gasteiger partial charge on any atom is -0.480 e. The van der Waals surface area contributed by atoms with Crippen LogP contribution >= 0.6 is 0 Å². The van der Waals surface area contributed by atoms with Crippen LogP contribution in [0.3, 0.4) is 0 Å². The Labute approximate surface area is 88.4 Å².